The van der Waals surface area contributed by atoms with Gasteiger partial charge in [0.25, 0.3) is 0 Å². The first-order valence-electron chi connectivity index (χ1n) is 7.48. The first-order valence-corrected chi connectivity index (χ1v) is 10.4. The van der Waals surface area contributed by atoms with Gasteiger partial charge in [-0.05, 0) is 25.1 Å². The fraction of sp³-hybridized carbons (Fsp3) is 0.800. The molecule has 0 aromatic carbocycles. The Kier molecular flexibility index (Phi) is 5.24. The van der Waals surface area contributed by atoms with E-state index in [0.717, 1.165) is 4.90 Å². The molecular weight excluding hydrogens is 302 g/mol. The summed E-state index contributed by atoms with van der Waals surface area (Å²) in [6.07, 6.45) is -1.27. The number of amides is 2. The van der Waals surface area contributed by atoms with Gasteiger partial charge in [0.1, 0.15) is 5.92 Å². The second kappa shape index (κ2) is 6.12. The number of carbonyl (C=O) groups excluding carboxylic acids is 3. The fourth-order valence-electron chi connectivity index (χ4n) is 2.26. The van der Waals surface area contributed by atoms with Crippen LogP contribution in [-0.2, 0) is 23.5 Å². The SMILES string of the molecule is CC(=O)O[C@@H]1[C@@H]([C@@H](C)O[Si](C)(C)C(C)(C)C)C(=O)N1C(C)=O. The smallest absolute Gasteiger partial charge is 0.304 e. The van der Waals surface area contributed by atoms with Gasteiger partial charge in [-0.15, -0.1) is 0 Å². The largest absolute Gasteiger partial charge is 0.440 e. The van der Waals surface area contributed by atoms with Gasteiger partial charge in [0.15, 0.2) is 14.5 Å². The highest BCUT2D eigenvalue weighted by Gasteiger charge is 2.56. The lowest BCUT2D eigenvalue weighted by Gasteiger charge is -2.48. The van der Waals surface area contributed by atoms with Gasteiger partial charge in [0.2, 0.25) is 11.8 Å². The number of hydrogen-bond donors (Lipinski definition) is 0. The number of hydrogen-bond acceptors (Lipinski definition) is 5. The summed E-state index contributed by atoms with van der Waals surface area (Å²) in [5.41, 5.74) is 0. The van der Waals surface area contributed by atoms with Crippen LogP contribution in [0.5, 0.6) is 0 Å². The van der Waals surface area contributed by atoms with E-state index in [2.05, 4.69) is 33.9 Å². The summed E-state index contributed by atoms with van der Waals surface area (Å²) in [5, 5.41) is 0.00521. The van der Waals surface area contributed by atoms with Crippen LogP contribution >= 0.6 is 0 Å². The van der Waals surface area contributed by atoms with E-state index < -0.39 is 38.4 Å². The molecule has 1 fully saturated rings. The van der Waals surface area contributed by atoms with Crippen LogP contribution in [0.4, 0.5) is 0 Å². The second-order valence-electron chi connectivity index (χ2n) is 7.34. The Balaban J connectivity index is 2.92. The van der Waals surface area contributed by atoms with Crippen molar-refractivity contribution in [3.05, 3.63) is 0 Å². The topological polar surface area (TPSA) is 72.9 Å². The molecule has 0 aromatic rings. The average molecular weight is 329 g/mol. The maximum absolute atomic E-state index is 12.2. The molecule has 7 heteroatoms. The van der Waals surface area contributed by atoms with Crippen molar-refractivity contribution < 1.29 is 23.5 Å². The third-order valence-electron chi connectivity index (χ3n) is 4.50. The van der Waals surface area contributed by atoms with Crippen molar-refractivity contribution in [1.29, 1.82) is 0 Å². The first-order chi connectivity index (χ1) is 9.79. The zero-order valence-corrected chi connectivity index (χ0v) is 15.7. The summed E-state index contributed by atoms with van der Waals surface area (Å²) < 4.78 is 11.4. The molecule has 1 aliphatic heterocycles. The summed E-state index contributed by atoms with van der Waals surface area (Å²) >= 11 is 0. The molecule has 2 amide bonds. The fourth-order valence-corrected chi connectivity index (χ4v) is 3.69. The molecule has 1 heterocycles. The Labute approximate surface area is 133 Å². The zero-order chi connectivity index (χ0) is 17.5. The van der Waals surface area contributed by atoms with E-state index in [4.69, 9.17) is 9.16 Å². The molecule has 0 aliphatic carbocycles. The molecule has 0 spiro atoms. The molecule has 22 heavy (non-hydrogen) atoms. The summed E-state index contributed by atoms with van der Waals surface area (Å²) in [7, 11) is -2.06. The summed E-state index contributed by atoms with van der Waals surface area (Å²) in [5.74, 6) is -1.91. The molecule has 126 valence electrons. The lowest BCUT2D eigenvalue weighted by atomic mass is 9.90. The Bertz CT molecular complexity index is 483. The maximum atomic E-state index is 12.2. The highest BCUT2D eigenvalue weighted by Crippen LogP contribution is 2.40. The van der Waals surface area contributed by atoms with Gasteiger partial charge in [-0.3, -0.25) is 14.4 Å². The van der Waals surface area contributed by atoms with Crippen molar-refractivity contribution in [3.63, 3.8) is 0 Å². The van der Waals surface area contributed by atoms with E-state index in [1.54, 1.807) is 6.92 Å². The molecule has 3 atom stereocenters. The Morgan fingerprint density at radius 3 is 2.09 bits per heavy atom. The number of nitrogens with zero attached hydrogens (tertiary/aromatic N) is 1. The highest BCUT2D eigenvalue weighted by atomic mass is 28.4. The van der Waals surface area contributed by atoms with Crippen molar-refractivity contribution in [3.8, 4) is 0 Å². The number of esters is 1. The van der Waals surface area contributed by atoms with Crippen LogP contribution in [0, 0.1) is 5.92 Å². The van der Waals surface area contributed by atoms with Crippen LogP contribution in [0.1, 0.15) is 41.5 Å². The summed E-state index contributed by atoms with van der Waals surface area (Å²) in [4.78, 5) is 36.0. The number of carbonyl (C=O) groups is 3. The molecule has 0 saturated carbocycles. The third-order valence-corrected chi connectivity index (χ3v) is 9.08. The van der Waals surface area contributed by atoms with E-state index in [1.807, 2.05) is 0 Å². The Hall–Kier alpha value is -1.21. The number of imide groups is 1. The molecule has 0 radical (unpaired) electrons. The standard InChI is InChI=1S/C15H27NO5Si/c1-9(21-22(7,8)15(4,5)6)12-13(19)16(10(2)17)14(12)20-11(3)18/h9,12,14H,1-8H3/t9-,12+,14-/m1/s1. The Morgan fingerprint density at radius 1 is 1.23 bits per heavy atom. The van der Waals surface area contributed by atoms with E-state index in [0.29, 0.717) is 0 Å². The molecule has 0 bridgehead atoms. The lowest BCUT2D eigenvalue weighted by Crippen LogP contribution is -2.68. The molecule has 0 N–H and O–H groups in total. The molecule has 1 saturated heterocycles. The van der Waals surface area contributed by atoms with Crippen molar-refractivity contribution in [2.45, 2.75) is 72.0 Å². The number of ether oxygens (including phenoxy) is 1. The minimum absolute atomic E-state index is 0.00521. The third kappa shape index (κ3) is 3.57. The number of rotatable bonds is 4. The van der Waals surface area contributed by atoms with E-state index >= 15 is 0 Å². The van der Waals surface area contributed by atoms with E-state index in [1.165, 1.54) is 13.8 Å². The molecule has 1 aliphatic rings. The monoisotopic (exact) mass is 329 g/mol. The Morgan fingerprint density at radius 2 is 1.73 bits per heavy atom. The van der Waals surface area contributed by atoms with Gasteiger partial charge in [0, 0.05) is 13.8 Å². The molecule has 0 aromatic heterocycles. The number of β-lactam (4-membered cyclic amide) rings is 1. The first kappa shape index (κ1) is 18.8. The van der Waals surface area contributed by atoms with Gasteiger partial charge in [-0.1, -0.05) is 20.8 Å². The van der Waals surface area contributed by atoms with Crippen LogP contribution < -0.4 is 0 Å². The predicted molar refractivity (Wildman–Crippen MR) is 84.3 cm³/mol. The average Bonchev–Trinajstić information content (AvgIpc) is 2.24. The predicted octanol–water partition coefficient (Wildman–Crippen LogP) is 2.29. The van der Waals surface area contributed by atoms with Crippen LogP contribution in [0.2, 0.25) is 18.1 Å². The van der Waals surface area contributed by atoms with Crippen LogP contribution in [0.25, 0.3) is 0 Å². The molecule has 6 nitrogen and oxygen atoms in total. The van der Waals surface area contributed by atoms with Gasteiger partial charge in [-0.25, -0.2) is 4.90 Å². The highest BCUT2D eigenvalue weighted by molar-refractivity contribution is 6.74. The van der Waals surface area contributed by atoms with E-state index in [9.17, 15) is 14.4 Å². The molecular formula is C15H27NO5Si. The zero-order valence-electron chi connectivity index (χ0n) is 14.7. The minimum Gasteiger partial charge on any atom is -0.440 e. The van der Waals surface area contributed by atoms with Gasteiger partial charge < -0.3 is 9.16 Å². The van der Waals surface area contributed by atoms with Gasteiger partial charge in [-0.2, -0.15) is 0 Å². The van der Waals surface area contributed by atoms with Crippen LogP contribution in [-0.4, -0.2) is 43.3 Å². The van der Waals surface area contributed by atoms with Crippen molar-refractivity contribution in [2.75, 3.05) is 0 Å². The molecule has 1 rings (SSSR count). The normalized spacial score (nSPS) is 23.8. The number of likely N-dealkylation sites (tertiary alicyclic amines) is 1. The van der Waals surface area contributed by atoms with Gasteiger partial charge >= 0.3 is 5.97 Å². The van der Waals surface area contributed by atoms with E-state index in [-0.39, 0.29) is 10.9 Å². The van der Waals surface area contributed by atoms with Crippen LogP contribution in [0.3, 0.4) is 0 Å². The maximum Gasteiger partial charge on any atom is 0.304 e. The van der Waals surface area contributed by atoms with Gasteiger partial charge in [0.05, 0.1) is 6.10 Å². The van der Waals surface area contributed by atoms with Crippen molar-refractivity contribution in [1.82, 2.24) is 4.90 Å². The second-order valence-corrected chi connectivity index (χ2v) is 12.1. The molecule has 0 unspecified atom stereocenters. The minimum atomic E-state index is -2.06. The lowest BCUT2D eigenvalue weighted by molar-refractivity contribution is -0.206. The summed E-state index contributed by atoms with van der Waals surface area (Å²) in [6, 6.07) is 0. The van der Waals surface area contributed by atoms with Crippen molar-refractivity contribution >= 4 is 26.1 Å². The van der Waals surface area contributed by atoms with Crippen molar-refractivity contribution in [2.24, 2.45) is 5.92 Å². The van der Waals surface area contributed by atoms with Crippen LogP contribution in [0.15, 0.2) is 0 Å². The quantitative estimate of drug-likeness (QED) is 0.449. The summed E-state index contributed by atoms with van der Waals surface area (Å²) in [6.45, 7) is 14.9.